The lowest BCUT2D eigenvalue weighted by atomic mass is 10.2. The zero-order valence-corrected chi connectivity index (χ0v) is 13.3. The lowest BCUT2D eigenvalue weighted by Gasteiger charge is -2.33. The molecule has 0 amide bonds. The van der Waals surface area contributed by atoms with Gasteiger partial charge in [0.2, 0.25) is 34.8 Å². The van der Waals surface area contributed by atoms with Gasteiger partial charge in [-0.2, -0.15) is 57.1 Å². The molecule has 1 aromatic rings. The maximum Gasteiger partial charge on any atom is 0.474 e. The van der Waals surface area contributed by atoms with E-state index in [-0.39, 0.29) is 0 Å². The molecule has 0 saturated carbocycles. The van der Waals surface area contributed by atoms with Crippen molar-refractivity contribution in [3.8, 4) is 5.75 Å². The first kappa shape index (κ1) is 25.1. The first-order valence-corrected chi connectivity index (χ1v) is 6.75. The van der Waals surface area contributed by atoms with Gasteiger partial charge in [-0.25, -0.2) is 17.9 Å². The normalized spacial score (nSPS) is 21.9. The van der Waals surface area contributed by atoms with Crippen LogP contribution in [0.15, 0.2) is 0 Å². The van der Waals surface area contributed by atoms with E-state index in [0.29, 0.717) is 0 Å². The summed E-state index contributed by atoms with van der Waals surface area (Å²) in [5, 5.41) is 0. The van der Waals surface area contributed by atoms with E-state index in [2.05, 4.69) is 9.47 Å². The Morgan fingerprint density at radius 3 is 1.32 bits per heavy atom. The zero-order chi connectivity index (χ0) is 24.6. The van der Waals surface area contributed by atoms with Gasteiger partial charge >= 0.3 is 36.2 Å². The van der Waals surface area contributed by atoms with Gasteiger partial charge in [0.15, 0.2) is 0 Å². The van der Waals surface area contributed by atoms with E-state index in [0.717, 1.165) is 0 Å². The molecule has 3 nitrogen and oxygen atoms in total. The molecular weight excluding hydrogens is 496 g/mol. The lowest BCUT2D eigenvalue weighted by molar-refractivity contribution is -0.491. The molecule has 0 N–H and O–H groups in total. The number of benzene rings is 1. The van der Waals surface area contributed by atoms with Crippen LogP contribution in [-0.4, -0.2) is 36.2 Å². The highest BCUT2D eigenvalue weighted by Gasteiger charge is 2.92. The fourth-order valence-electron chi connectivity index (χ4n) is 1.71. The maximum absolute atomic E-state index is 13.4. The molecule has 0 spiro atoms. The molecule has 1 heterocycles. The minimum Gasteiger partial charge on any atom is -0.421 e. The molecule has 31 heavy (non-hydrogen) atoms. The Morgan fingerprint density at radius 1 is 0.613 bits per heavy atom. The summed E-state index contributed by atoms with van der Waals surface area (Å²) in [7, 11) is 0. The largest absolute Gasteiger partial charge is 0.474 e. The quantitative estimate of drug-likeness (QED) is 0.217. The second kappa shape index (κ2) is 6.66. The van der Waals surface area contributed by atoms with Crippen molar-refractivity contribution in [1.82, 2.24) is 0 Å². The Hall–Kier alpha value is -2.18. The van der Waals surface area contributed by atoms with E-state index < -0.39 is 71.0 Å². The van der Waals surface area contributed by atoms with Gasteiger partial charge in [-0.1, -0.05) is 0 Å². The number of alkyl halides is 11. The molecule has 0 aromatic heterocycles. The van der Waals surface area contributed by atoms with Crippen LogP contribution < -0.4 is 4.74 Å². The lowest BCUT2D eigenvalue weighted by Crippen LogP contribution is -2.61. The number of ether oxygens (including phenoxy) is 3. The van der Waals surface area contributed by atoms with Gasteiger partial charge in [0.05, 0.1) is 0 Å². The highest BCUT2D eigenvalue weighted by Crippen LogP contribution is 2.62. The molecule has 1 unspecified atom stereocenters. The number of halogens is 16. The summed E-state index contributed by atoms with van der Waals surface area (Å²) in [4.78, 5) is 0. The van der Waals surface area contributed by atoms with Crippen molar-refractivity contribution in [3.05, 3.63) is 29.1 Å². The van der Waals surface area contributed by atoms with Gasteiger partial charge in [-0.3, -0.25) is 4.74 Å². The van der Waals surface area contributed by atoms with E-state index in [4.69, 9.17) is 0 Å². The van der Waals surface area contributed by atoms with Gasteiger partial charge in [0, 0.05) is 0 Å². The molecule has 1 aromatic carbocycles. The number of hydrogen-bond donors (Lipinski definition) is 0. The minimum absolute atomic E-state index is 1.75. The second-order valence-corrected chi connectivity index (χ2v) is 5.44. The molecule has 0 bridgehead atoms. The predicted octanol–water partition coefficient (Wildman–Crippen LogP) is 5.48. The van der Waals surface area contributed by atoms with Crippen LogP contribution in [0.3, 0.4) is 0 Å². The Kier molecular flexibility index (Phi) is 5.39. The predicted molar refractivity (Wildman–Crippen MR) is 57.6 cm³/mol. The van der Waals surface area contributed by atoms with Crippen LogP contribution in [0.4, 0.5) is 70.2 Å². The summed E-state index contributed by atoms with van der Waals surface area (Å²) in [6.45, 7) is 0. The summed E-state index contributed by atoms with van der Waals surface area (Å²) in [6.07, 6.45) is -26.9. The summed E-state index contributed by atoms with van der Waals surface area (Å²) in [5.74, 6) is -32.5. The molecule has 0 aliphatic carbocycles. The maximum atomic E-state index is 13.4. The third-order valence-corrected chi connectivity index (χ3v) is 3.36. The van der Waals surface area contributed by atoms with Crippen molar-refractivity contribution in [2.75, 3.05) is 0 Å². The molecule has 19 heteroatoms. The molecule has 1 aliphatic rings. The van der Waals surface area contributed by atoms with Gasteiger partial charge in [0.25, 0.3) is 0 Å². The summed E-state index contributed by atoms with van der Waals surface area (Å²) in [6, 6.07) is 0. The van der Waals surface area contributed by atoms with Crippen LogP contribution in [-0.2, 0) is 9.47 Å². The second-order valence-electron chi connectivity index (χ2n) is 5.44. The number of hydrogen-bond acceptors (Lipinski definition) is 3. The Bertz CT molecular complexity index is 869. The summed E-state index contributed by atoms with van der Waals surface area (Å²) in [5.41, 5.74) is 0. The van der Waals surface area contributed by atoms with Crippen LogP contribution in [0.2, 0.25) is 0 Å². The van der Waals surface area contributed by atoms with E-state index in [1.807, 2.05) is 0 Å². The summed E-state index contributed by atoms with van der Waals surface area (Å²) < 4.78 is 215. The van der Waals surface area contributed by atoms with Crippen molar-refractivity contribution >= 4 is 0 Å². The van der Waals surface area contributed by atoms with Crippen LogP contribution in [0.25, 0.3) is 0 Å². The van der Waals surface area contributed by atoms with Gasteiger partial charge in [0.1, 0.15) is 0 Å². The van der Waals surface area contributed by atoms with E-state index in [1.54, 1.807) is 4.74 Å². The number of epoxide rings is 1. The van der Waals surface area contributed by atoms with E-state index >= 15 is 0 Å². The fourth-order valence-corrected chi connectivity index (χ4v) is 1.71. The minimum atomic E-state index is -7.54. The fraction of sp³-hybridized carbons (Fsp3) is 0.500. The molecule has 1 fully saturated rings. The zero-order valence-electron chi connectivity index (χ0n) is 13.3. The Balaban J connectivity index is 2.42. The van der Waals surface area contributed by atoms with Crippen molar-refractivity contribution in [2.24, 2.45) is 0 Å². The van der Waals surface area contributed by atoms with Gasteiger partial charge in [-0.05, 0) is 0 Å². The molecule has 1 saturated heterocycles. The van der Waals surface area contributed by atoms with E-state index in [1.165, 1.54) is 0 Å². The van der Waals surface area contributed by atoms with Crippen molar-refractivity contribution in [1.29, 1.82) is 0 Å². The smallest absolute Gasteiger partial charge is 0.421 e. The molecular formula is C12F16O3. The first-order chi connectivity index (χ1) is 13.6. The highest BCUT2D eigenvalue weighted by molar-refractivity contribution is 5.30. The Labute approximate surface area is 157 Å². The number of rotatable bonds is 7. The highest BCUT2D eigenvalue weighted by atomic mass is 19.4. The molecule has 0 radical (unpaired) electrons. The molecule has 1 aliphatic heterocycles. The van der Waals surface area contributed by atoms with Crippen molar-refractivity contribution < 1.29 is 84.5 Å². The molecule has 178 valence electrons. The standard InChI is InChI=1S/C12F16O3/c13-1-2(14)4(16)6(5(17)3(1)15)29-9(21,22)7(18,19)10(23,24)31-12(27,28)8(20)11(25,26)30-8. The monoisotopic (exact) mass is 496 g/mol. The van der Waals surface area contributed by atoms with Crippen LogP contribution in [0.5, 0.6) is 5.75 Å². The molecule has 2 rings (SSSR count). The first-order valence-electron chi connectivity index (χ1n) is 6.75. The van der Waals surface area contributed by atoms with Crippen molar-refractivity contribution in [2.45, 2.75) is 36.2 Å². The van der Waals surface area contributed by atoms with Gasteiger partial charge in [-0.15, -0.1) is 0 Å². The Morgan fingerprint density at radius 2 is 0.968 bits per heavy atom. The average molecular weight is 496 g/mol. The third kappa shape index (κ3) is 3.50. The molecule has 1 atom stereocenters. The van der Waals surface area contributed by atoms with Crippen LogP contribution in [0.1, 0.15) is 0 Å². The topological polar surface area (TPSA) is 31.0 Å². The van der Waals surface area contributed by atoms with Gasteiger partial charge < -0.3 is 4.74 Å². The van der Waals surface area contributed by atoms with E-state index in [9.17, 15) is 70.2 Å². The van der Waals surface area contributed by atoms with Crippen LogP contribution >= 0.6 is 0 Å². The average Bonchev–Trinajstić information content (AvgIpc) is 3.14. The van der Waals surface area contributed by atoms with Crippen molar-refractivity contribution in [3.63, 3.8) is 0 Å². The van der Waals surface area contributed by atoms with Crippen LogP contribution in [0, 0.1) is 29.1 Å². The SMILES string of the molecule is Fc1c(F)c(F)c(OC(F)(F)C(F)(F)C(F)(F)OC(F)(F)C2(F)OC2(F)F)c(F)c1F. The summed E-state index contributed by atoms with van der Waals surface area (Å²) >= 11 is 0. The third-order valence-electron chi connectivity index (χ3n) is 3.36.